The Morgan fingerprint density at radius 2 is 2.00 bits per heavy atom. The monoisotopic (exact) mass is 371 g/mol. The van der Waals surface area contributed by atoms with Crippen LogP contribution in [0.3, 0.4) is 0 Å². The van der Waals surface area contributed by atoms with Gasteiger partial charge in [-0.2, -0.15) is 0 Å². The van der Waals surface area contributed by atoms with Gasteiger partial charge in [-0.15, -0.1) is 0 Å². The zero-order valence-electron chi connectivity index (χ0n) is 9.49. The molecule has 0 aromatic heterocycles. The Kier molecular flexibility index (Phi) is 4.24. The van der Waals surface area contributed by atoms with Crippen molar-refractivity contribution in [3.8, 4) is 0 Å². The molecule has 0 amide bonds. The Morgan fingerprint density at radius 1 is 1.22 bits per heavy atom. The summed E-state index contributed by atoms with van der Waals surface area (Å²) in [5.74, 6) is -0.0192. The van der Waals surface area contributed by atoms with E-state index in [0.717, 1.165) is 9.13 Å². The highest BCUT2D eigenvalue weighted by Gasteiger charge is 2.11. The van der Waals surface area contributed by atoms with Crippen molar-refractivity contribution in [2.45, 2.75) is 6.42 Å². The largest absolute Gasteiger partial charge is 0.399 e. The van der Waals surface area contributed by atoms with Crippen LogP contribution in [0.2, 0.25) is 5.02 Å². The van der Waals surface area contributed by atoms with Crippen LogP contribution in [0.5, 0.6) is 0 Å². The summed E-state index contributed by atoms with van der Waals surface area (Å²) in [5.41, 5.74) is 7.68. The van der Waals surface area contributed by atoms with Gasteiger partial charge in [0.25, 0.3) is 0 Å². The summed E-state index contributed by atoms with van der Waals surface area (Å²) in [5, 5.41) is 0.444. The molecular weight excluding hydrogens is 361 g/mol. The third kappa shape index (κ3) is 3.23. The van der Waals surface area contributed by atoms with Crippen molar-refractivity contribution in [2.24, 2.45) is 0 Å². The number of carbonyl (C=O) groups excluding carboxylic acids is 1. The lowest BCUT2D eigenvalue weighted by atomic mass is 10.0. The van der Waals surface area contributed by atoms with E-state index in [1.807, 2.05) is 24.3 Å². The highest BCUT2D eigenvalue weighted by Crippen LogP contribution is 2.21. The molecule has 0 atom stereocenters. The molecule has 2 aromatic rings. The van der Waals surface area contributed by atoms with E-state index in [4.69, 9.17) is 17.3 Å². The molecule has 2 aromatic carbocycles. The summed E-state index contributed by atoms with van der Waals surface area (Å²) < 4.78 is 1.11. The second kappa shape index (κ2) is 5.71. The predicted octanol–water partition coefficient (Wildman–Crippen LogP) is 3.95. The molecule has 0 saturated carbocycles. The van der Waals surface area contributed by atoms with E-state index in [1.165, 1.54) is 0 Å². The molecule has 0 saturated heterocycles. The molecule has 18 heavy (non-hydrogen) atoms. The van der Waals surface area contributed by atoms with Gasteiger partial charge in [-0.3, -0.25) is 4.79 Å². The lowest BCUT2D eigenvalue weighted by Gasteiger charge is -2.05. The van der Waals surface area contributed by atoms with E-state index in [9.17, 15) is 4.79 Å². The van der Waals surface area contributed by atoms with Gasteiger partial charge in [-0.1, -0.05) is 23.7 Å². The molecule has 2 N–H and O–H groups in total. The molecule has 0 spiro atoms. The number of hydrogen-bond donors (Lipinski definition) is 1. The van der Waals surface area contributed by atoms with Crippen LogP contribution in [0.4, 0.5) is 5.69 Å². The lowest BCUT2D eigenvalue weighted by molar-refractivity contribution is 0.0993. The van der Waals surface area contributed by atoms with Crippen molar-refractivity contribution in [1.82, 2.24) is 0 Å². The van der Waals surface area contributed by atoms with Gasteiger partial charge in [0.1, 0.15) is 0 Å². The molecule has 0 aliphatic carbocycles. The number of nitrogens with two attached hydrogens (primary N) is 1. The SMILES string of the molecule is Nc1ccc(Cl)c(C(=O)Cc2cccc(I)c2)c1. The predicted molar refractivity (Wildman–Crippen MR) is 83.1 cm³/mol. The molecule has 0 aliphatic heterocycles. The van der Waals surface area contributed by atoms with E-state index < -0.39 is 0 Å². The van der Waals surface area contributed by atoms with Crippen LogP contribution >= 0.6 is 34.2 Å². The van der Waals surface area contributed by atoms with Gasteiger partial charge in [-0.25, -0.2) is 0 Å². The van der Waals surface area contributed by atoms with E-state index in [1.54, 1.807) is 18.2 Å². The van der Waals surface area contributed by atoms with E-state index in [2.05, 4.69) is 22.6 Å². The van der Waals surface area contributed by atoms with Gasteiger partial charge in [0.2, 0.25) is 0 Å². The van der Waals surface area contributed by atoms with Crippen molar-refractivity contribution in [2.75, 3.05) is 5.73 Å². The maximum absolute atomic E-state index is 12.2. The van der Waals surface area contributed by atoms with Gasteiger partial charge in [0.15, 0.2) is 5.78 Å². The highest BCUT2D eigenvalue weighted by atomic mass is 127. The Morgan fingerprint density at radius 3 is 2.72 bits per heavy atom. The first-order chi connectivity index (χ1) is 8.56. The highest BCUT2D eigenvalue weighted by molar-refractivity contribution is 14.1. The van der Waals surface area contributed by atoms with Crippen LogP contribution in [0.25, 0.3) is 0 Å². The number of rotatable bonds is 3. The average molecular weight is 372 g/mol. The minimum absolute atomic E-state index is 0.0192. The Balaban J connectivity index is 2.24. The van der Waals surface area contributed by atoms with Crippen molar-refractivity contribution >= 4 is 45.7 Å². The van der Waals surface area contributed by atoms with E-state index in [0.29, 0.717) is 22.7 Å². The molecule has 2 nitrogen and oxygen atoms in total. The third-order valence-electron chi connectivity index (χ3n) is 2.54. The van der Waals surface area contributed by atoms with Crippen molar-refractivity contribution in [3.63, 3.8) is 0 Å². The molecule has 0 heterocycles. The lowest BCUT2D eigenvalue weighted by Crippen LogP contribution is -2.05. The number of carbonyl (C=O) groups is 1. The topological polar surface area (TPSA) is 43.1 Å². The minimum Gasteiger partial charge on any atom is -0.399 e. The summed E-state index contributed by atoms with van der Waals surface area (Å²) in [6.07, 6.45) is 0.333. The van der Waals surface area contributed by atoms with Crippen LogP contribution in [0, 0.1) is 3.57 Å². The first kappa shape index (κ1) is 13.4. The first-order valence-electron chi connectivity index (χ1n) is 5.39. The fraction of sp³-hybridized carbons (Fsp3) is 0.0714. The van der Waals surface area contributed by atoms with Crippen molar-refractivity contribution < 1.29 is 4.79 Å². The number of hydrogen-bond acceptors (Lipinski definition) is 2. The number of nitrogen functional groups attached to an aromatic ring is 1. The molecule has 92 valence electrons. The maximum atomic E-state index is 12.2. The van der Waals surface area contributed by atoms with Crippen LogP contribution in [-0.2, 0) is 6.42 Å². The number of halogens is 2. The fourth-order valence-corrected chi connectivity index (χ4v) is 2.51. The quantitative estimate of drug-likeness (QED) is 0.504. The normalized spacial score (nSPS) is 10.3. The number of Topliss-reactive ketones (excluding diaryl/α,β-unsaturated/α-hetero) is 1. The number of anilines is 1. The zero-order chi connectivity index (χ0) is 13.1. The van der Waals surface area contributed by atoms with E-state index in [-0.39, 0.29) is 5.78 Å². The molecule has 0 fully saturated rings. The summed E-state index contributed by atoms with van der Waals surface area (Å²) in [4.78, 5) is 12.2. The summed E-state index contributed by atoms with van der Waals surface area (Å²) in [6, 6.07) is 12.8. The Bertz CT molecular complexity index is 598. The molecule has 0 radical (unpaired) electrons. The van der Waals surface area contributed by atoms with Crippen LogP contribution < -0.4 is 5.73 Å². The smallest absolute Gasteiger partial charge is 0.168 e. The van der Waals surface area contributed by atoms with Gasteiger partial charge >= 0.3 is 0 Å². The standard InChI is InChI=1S/C14H11ClINO/c15-13-5-4-11(17)8-12(13)14(18)7-9-2-1-3-10(16)6-9/h1-6,8H,7,17H2. The average Bonchev–Trinajstić information content (AvgIpc) is 2.32. The van der Waals surface area contributed by atoms with Crippen molar-refractivity contribution in [1.29, 1.82) is 0 Å². The molecule has 4 heteroatoms. The fourth-order valence-electron chi connectivity index (χ4n) is 1.68. The second-order valence-corrected chi connectivity index (χ2v) is 5.62. The number of benzene rings is 2. The van der Waals surface area contributed by atoms with Gasteiger partial charge in [0, 0.05) is 21.2 Å². The van der Waals surface area contributed by atoms with E-state index >= 15 is 0 Å². The summed E-state index contributed by atoms with van der Waals surface area (Å²) >= 11 is 8.23. The molecular formula is C14H11ClINO. The summed E-state index contributed by atoms with van der Waals surface area (Å²) in [6.45, 7) is 0. The second-order valence-electron chi connectivity index (χ2n) is 3.97. The summed E-state index contributed by atoms with van der Waals surface area (Å²) in [7, 11) is 0. The molecule has 0 bridgehead atoms. The van der Waals surface area contributed by atoms with Gasteiger partial charge in [-0.05, 0) is 58.5 Å². The molecule has 0 unspecified atom stereocenters. The van der Waals surface area contributed by atoms with Crippen LogP contribution in [-0.4, -0.2) is 5.78 Å². The van der Waals surface area contributed by atoms with Gasteiger partial charge < -0.3 is 5.73 Å². The zero-order valence-corrected chi connectivity index (χ0v) is 12.4. The number of ketones is 1. The Labute approximate surface area is 124 Å². The third-order valence-corrected chi connectivity index (χ3v) is 3.55. The maximum Gasteiger partial charge on any atom is 0.168 e. The minimum atomic E-state index is -0.0192. The first-order valence-corrected chi connectivity index (χ1v) is 6.84. The Hall–Kier alpha value is -1.07. The van der Waals surface area contributed by atoms with Gasteiger partial charge in [0.05, 0.1) is 5.02 Å². The van der Waals surface area contributed by atoms with Crippen LogP contribution in [0.1, 0.15) is 15.9 Å². The van der Waals surface area contributed by atoms with Crippen LogP contribution in [0.15, 0.2) is 42.5 Å². The molecule has 2 rings (SSSR count). The molecule has 0 aliphatic rings. The van der Waals surface area contributed by atoms with Crippen molar-refractivity contribution in [3.05, 3.63) is 62.2 Å².